The van der Waals surface area contributed by atoms with Gasteiger partial charge in [0.05, 0.1) is 22.3 Å². The molecule has 1 aromatic carbocycles. The summed E-state index contributed by atoms with van der Waals surface area (Å²) in [6, 6.07) is 10.2. The maximum absolute atomic E-state index is 12.3. The van der Waals surface area contributed by atoms with Crippen LogP contribution in [0.4, 0.5) is 0 Å². The number of piperazine rings is 1. The van der Waals surface area contributed by atoms with Crippen molar-refractivity contribution < 1.29 is 4.79 Å². The number of nitrogens with zero attached hydrogens (tertiary/aromatic N) is 3. The van der Waals surface area contributed by atoms with Crippen LogP contribution in [0.25, 0.3) is 10.2 Å². The number of hydrogen-bond donors (Lipinski definition) is 0. The Labute approximate surface area is 143 Å². The van der Waals surface area contributed by atoms with Crippen LogP contribution in [0.3, 0.4) is 0 Å². The highest BCUT2D eigenvalue weighted by Gasteiger charge is 2.22. The number of fused-ring (bicyclic) bond motifs is 1. The number of carbonyl (C=O) groups excluding carboxylic acids is 1. The molecule has 3 heterocycles. The van der Waals surface area contributed by atoms with Gasteiger partial charge in [0.1, 0.15) is 5.01 Å². The minimum Gasteiger partial charge on any atom is -0.336 e. The SMILES string of the molecule is O=C(c1ccsc1)N1CCN(Cc2nc3ccccc3s2)CC1. The Morgan fingerprint density at radius 1 is 1.13 bits per heavy atom. The molecule has 1 saturated heterocycles. The van der Waals surface area contributed by atoms with Gasteiger partial charge >= 0.3 is 0 Å². The van der Waals surface area contributed by atoms with E-state index in [1.165, 1.54) is 4.70 Å². The van der Waals surface area contributed by atoms with Crippen molar-refractivity contribution in [3.63, 3.8) is 0 Å². The van der Waals surface area contributed by atoms with E-state index < -0.39 is 0 Å². The topological polar surface area (TPSA) is 36.4 Å². The van der Waals surface area contributed by atoms with E-state index in [1.54, 1.807) is 22.7 Å². The highest BCUT2D eigenvalue weighted by atomic mass is 32.1. The van der Waals surface area contributed by atoms with Crippen LogP contribution >= 0.6 is 22.7 Å². The normalized spacial score (nSPS) is 16.1. The second-order valence-corrected chi connectivity index (χ2v) is 7.55. The summed E-state index contributed by atoms with van der Waals surface area (Å²) in [6.45, 7) is 4.27. The largest absolute Gasteiger partial charge is 0.336 e. The van der Waals surface area contributed by atoms with Crippen molar-refractivity contribution in [1.82, 2.24) is 14.8 Å². The van der Waals surface area contributed by atoms with E-state index in [1.807, 2.05) is 27.8 Å². The van der Waals surface area contributed by atoms with Crippen molar-refractivity contribution in [3.8, 4) is 0 Å². The molecule has 0 radical (unpaired) electrons. The van der Waals surface area contributed by atoms with Crippen molar-refractivity contribution in [2.24, 2.45) is 0 Å². The molecule has 2 aromatic heterocycles. The third kappa shape index (κ3) is 3.15. The monoisotopic (exact) mass is 343 g/mol. The zero-order valence-corrected chi connectivity index (χ0v) is 14.3. The van der Waals surface area contributed by atoms with Crippen LogP contribution < -0.4 is 0 Å². The molecule has 1 aliphatic heterocycles. The Morgan fingerprint density at radius 2 is 1.96 bits per heavy atom. The number of rotatable bonds is 3. The van der Waals surface area contributed by atoms with Gasteiger partial charge in [-0.05, 0) is 23.6 Å². The second kappa shape index (κ2) is 6.39. The number of thiazole rings is 1. The van der Waals surface area contributed by atoms with E-state index in [4.69, 9.17) is 4.98 Å². The average molecular weight is 343 g/mol. The smallest absolute Gasteiger partial charge is 0.254 e. The van der Waals surface area contributed by atoms with Crippen molar-refractivity contribution in [2.75, 3.05) is 26.2 Å². The molecular weight excluding hydrogens is 326 g/mol. The zero-order chi connectivity index (χ0) is 15.6. The molecule has 0 unspecified atom stereocenters. The lowest BCUT2D eigenvalue weighted by molar-refractivity contribution is 0.0629. The lowest BCUT2D eigenvalue weighted by Gasteiger charge is -2.34. The third-order valence-electron chi connectivity index (χ3n) is 4.12. The quantitative estimate of drug-likeness (QED) is 0.732. The van der Waals surface area contributed by atoms with Gasteiger partial charge in [0.2, 0.25) is 0 Å². The van der Waals surface area contributed by atoms with Crippen LogP contribution in [0.5, 0.6) is 0 Å². The maximum atomic E-state index is 12.3. The Bertz CT molecular complexity index is 771. The minimum atomic E-state index is 0.158. The number of hydrogen-bond acceptors (Lipinski definition) is 5. The Kier molecular flexibility index (Phi) is 4.11. The first-order valence-electron chi connectivity index (χ1n) is 7.68. The zero-order valence-electron chi connectivity index (χ0n) is 12.6. The van der Waals surface area contributed by atoms with E-state index in [0.717, 1.165) is 48.8 Å². The highest BCUT2D eigenvalue weighted by Crippen LogP contribution is 2.23. The van der Waals surface area contributed by atoms with Gasteiger partial charge in [-0.3, -0.25) is 9.69 Å². The second-order valence-electron chi connectivity index (χ2n) is 5.66. The Hall–Kier alpha value is -1.76. The molecular formula is C17H17N3OS2. The summed E-state index contributed by atoms with van der Waals surface area (Å²) in [5, 5.41) is 5.04. The molecule has 6 heteroatoms. The lowest BCUT2D eigenvalue weighted by Crippen LogP contribution is -2.48. The molecule has 1 aliphatic rings. The molecule has 1 amide bonds. The molecule has 23 heavy (non-hydrogen) atoms. The molecule has 1 fully saturated rings. The van der Waals surface area contributed by atoms with Crippen LogP contribution in [0.2, 0.25) is 0 Å². The molecule has 0 spiro atoms. The Morgan fingerprint density at radius 3 is 2.70 bits per heavy atom. The van der Waals surface area contributed by atoms with E-state index in [-0.39, 0.29) is 5.91 Å². The molecule has 4 rings (SSSR count). The molecule has 0 aliphatic carbocycles. The summed E-state index contributed by atoms with van der Waals surface area (Å²) in [7, 11) is 0. The number of carbonyl (C=O) groups is 1. The molecule has 0 atom stereocenters. The number of thiophene rings is 1. The fourth-order valence-corrected chi connectivity index (χ4v) is 4.50. The van der Waals surface area contributed by atoms with E-state index in [0.29, 0.717) is 0 Å². The molecule has 0 bridgehead atoms. The Balaban J connectivity index is 1.37. The minimum absolute atomic E-state index is 0.158. The summed E-state index contributed by atoms with van der Waals surface area (Å²) in [4.78, 5) is 21.4. The van der Waals surface area contributed by atoms with Crippen molar-refractivity contribution in [3.05, 3.63) is 51.7 Å². The standard InChI is InChI=1S/C17H17N3OS2/c21-17(13-5-10-22-12-13)20-8-6-19(7-9-20)11-16-18-14-3-1-2-4-15(14)23-16/h1-5,10,12H,6-9,11H2. The fourth-order valence-electron chi connectivity index (χ4n) is 2.86. The van der Waals surface area contributed by atoms with Gasteiger partial charge < -0.3 is 4.90 Å². The van der Waals surface area contributed by atoms with Crippen LogP contribution in [0.15, 0.2) is 41.1 Å². The first kappa shape index (κ1) is 14.8. The van der Waals surface area contributed by atoms with Crippen LogP contribution in [0.1, 0.15) is 15.4 Å². The summed E-state index contributed by atoms with van der Waals surface area (Å²) in [6.07, 6.45) is 0. The summed E-state index contributed by atoms with van der Waals surface area (Å²) in [5.41, 5.74) is 1.90. The van der Waals surface area contributed by atoms with Gasteiger partial charge in [0.15, 0.2) is 0 Å². The van der Waals surface area contributed by atoms with Crippen LogP contribution in [-0.4, -0.2) is 46.9 Å². The van der Waals surface area contributed by atoms with Crippen molar-refractivity contribution in [1.29, 1.82) is 0 Å². The summed E-state index contributed by atoms with van der Waals surface area (Å²) in [5.74, 6) is 0.158. The molecule has 4 nitrogen and oxygen atoms in total. The number of aromatic nitrogens is 1. The molecule has 3 aromatic rings. The van der Waals surface area contributed by atoms with E-state index in [2.05, 4.69) is 23.1 Å². The van der Waals surface area contributed by atoms with Crippen LogP contribution in [0, 0.1) is 0 Å². The first-order chi connectivity index (χ1) is 11.3. The van der Waals surface area contributed by atoms with Gasteiger partial charge in [-0.15, -0.1) is 11.3 Å². The lowest BCUT2D eigenvalue weighted by atomic mass is 10.2. The fraction of sp³-hybridized carbons (Fsp3) is 0.294. The van der Waals surface area contributed by atoms with Crippen LogP contribution in [-0.2, 0) is 6.54 Å². The molecule has 0 saturated carbocycles. The van der Waals surface area contributed by atoms with Gasteiger partial charge in [0, 0.05) is 31.6 Å². The van der Waals surface area contributed by atoms with Gasteiger partial charge in [-0.1, -0.05) is 12.1 Å². The predicted molar refractivity (Wildman–Crippen MR) is 95.1 cm³/mol. The number of para-hydroxylation sites is 1. The van der Waals surface area contributed by atoms with E-state index >= 15 is 0 Å². The van der Waals surface area contributed by atoms with E-state index in [9.17, 15) is 4.79 Å². The number of benzene rings is 1. The molecule has 118 valence electrons. The summed E-state index contributed by atoms with van der Waals surface area (Å²) < 4.78 is 1.24. The maximum Gasteiger partial charge on any atom is 0.254 e. The van der Waals surface area contributed by atoms with Crippen molar-refractivity contribution in [2.45, 2.75) is 6.54 Å². The predicted octanol–water partition coefficient (Wildman–Crippen LogP) is 3.32. The van der Waals surface area contributed by atoms with Crippen molar-refractivity contribution >= 4 is 38.8 Å². The average Bonchev–Trinajstić information content (AvgIpc) is 3.24. The van der Waals surface area contributed by atoms with Gasteiger partial charge in [0.25, 0.3) is 5.91 Å². The third-order valence-corrected chi connectivity index (χ3v) is 5.83. The van der Waals surface area contributed by atoms with Gasteiger partial charge in [-0.2, -0.15) is 11.3 Å². The number of amides is 1. The first-order valence-corrected chi connectivity index (χ1v) is 9.44. The molecule has 0 N–H and O–H groups in total. The highest BCUT2D eigenvalue weighted by molar-refractivity contribution is 7.18. The van der Waals surface area contributed by atoms with Gasteiger partial charge in [-0.25, -0.2) is 4.98 Å². The summed E-state index contributed by atoms with van der Waals surface area (Å²) >= 11 is 3.34.